The van der Waals surface area contributed by atoms with Gasteiger partial charge in [0.15, 0.2) is 0 Å². The summed E-state index contributed by atoms with van der Waals surface area (Å²) < 4.78 is 6.67. The molecule has 0 unspecified atom stereocenters. The minimum Gasteiger partial charge on any atom is -0.488 e. The van der Waals surface area contributed by atoms with E-state index in [2.05, 4.69) is 45.5 Å². The van der Waals surface area contributed by atoms with Gasteiger partial charge in [-0.2, -0.15) is 5.10 Å². The first-order valence-electron chi connectivity index (χ1n) is 8.58. The molecule has 6 heteroatoms. The molecule has 0 saturated carbocycles. The average molecular weight is 458 g/mol. The van der Waals surface area contributed by atoms with Crippen LogP contribution in [0.2, 0.25) is 5.02 Å². The Labute approximate surface area is 177 Å². The molecule has 3 aromatic carbocycles. The average Bonchev–Trinajstić information content (AvgIpc) is 2.69. The summed E-state index contributed by atoms with van der Waals surface area (Å²) in [4.78, 5) is 12.0. The van der Waals surface area contributed by atoms with E-state index in [-0.39, 0.29) is 5.91 Å². The highest BCUT2D eigenvalue weighted by Crippen LogP contribution is 2.26. The van der Waals surface area contributed by atoms with Gasteiger partial charge in [-0.15, -0.1) is 0 Å². The fourth-order valence-electron chi connectivity index (χ4n) is 2.39. The molecule has 0 bridgehead atoms. The minimum atomic E-state index is -0.301. The van der Waals surface area contributed by atoms with Crippen molar-refractivity contribution in [2.75, 3.05) is 0 Å². The van der Waals surface area contributed by atoms with E-state index >= 15 is 0 Å². The molecule has 142 valence electrons. The summed E-state index contributed by atoms with van der Waals surface area (Å²) in [6.45, 7) is 2.54. The zero-order chi connectivity index (χ0) is 19.9. The Balaban J connectivity index is 1.57. The predicted octanol–water partition coefficient (Wildman–Crippen LogP) is 5.75. The second-order valence-corrected chi connectivity index (χ2v) is 7.46. The molecule has 4 nitrogen and oxygen atoms in total. The van der Waals surface area contributed by atoms with Crippen LogP contribution in [0.25, 0.3) is 0 Å². The monoisotopic (exact) mass is 456 g/mol. The normalized spacial score (nSPS) is 10.8. The van der Waals surface area contributed by atoms with E-state index in [1.165, 1.54) is 5.56 Å². The third-order valence-corrected chi connectivity index (χ3v) is 4.83. The van der Waals surface area contributed by atoms with Crippen LogP contribution in [0.1, 0.15) is 27.0 Å². The van der Waals surface area contributed by atoms with Gasteiger partial charge in [0, 0.05) is 10.6 Å². The van der Waals surface area contributed by atoms with E-state index in [9.17, 15) is 4.79 Å². The van der Waals surface area contributed by atoms with Gasteiger partial charge < -0.3 is 4.74 Å². The van der Waals surface area contributed by atoms with Crippen LogP contribution < -0.4 is 10.2 Å². The number of hydrazone groups is 1. The Morgan fingerprint density at radius 3 is 2.50 bits per heavy atom. The second kappa shape index (κ2) is 9.53. The van der Waals surface area contributed by atoms with Crippen molar-refractivity contribution in [1.29, 1.82) is 0 Å². The highest BCUT2D eigenvalue weighted by Gasteiger charge is 2.05. The fourth-order valence-corrected chi connectivity index (χ4v) is 3.03. The molecular formula is C22H18BrClN2O2. The lowest BCUT2D eigenvalue weighted by molar-refractivity contribution is 0.0955. The van der Waals surface area contributed by atoms with Crippen molar-refractivity contribution in [3.63, 3.8) is 0 Å². The highest BCUT2D eigenvalue weighted by atomic mass is 79.9. The Kier molecular flexibility index (Phi) is 6.85. The second-order valence-electron chi connectivity index (χ2n) is 6.17. The van der Waals surface area contributed by atoms with Crippen LogP contribution in [0.4, 0.5) is 0 Å². The van der Waals surface area contributed by atoms with E-state index in [1.807, 2.05) is 30.3 Å². The van der Waals surface area contributed by atoms with Crippen LogP contribution in [0.3, 0.4) is 0 Å². The van der Waals surface area contributed by atoms with Gasteiger partial charge in [0.1, 0.15) is 12.4 Å². The largest absolute Gasteiger partial charge is 0.488 e. The molecule has 0 aromatic heterocycles. The first-order chi connectivity index (χ1) is 13.5. The summed E-state index contributed by atoms with van der Waals surface area (Å²) in [5.41, 5.74) is 6.13. The first-order valence-corrected chi connectivity index (χ1v) is 9.75. The molecule has 0 radical (unpaired) electrons. The number of ether oxygens (including phenoxy) is 1. The van der Waals surface area contributed by atoms with E-state index in [1.54, 1.807) is 30.5 Å². The van der Waals surface area contributed by atoms with Gasteiger partial charge in [0.25, 0.3) is 5.91 Å². The Morgan fingerprint density at radius 2 is 1.82 bits per heavy atom. The van der Waals surface area contributed by atoms with Crippen LogP contribution in [-0.2, 0) is 6.61 Å². The number of carbonyl (C=O) groups excluding carboxylic acids is 1. The molecule has 3 rings (SSSR count). The maximum atomic E-state index is 12.0. The van der Waals surface area contributed by atoms with Crippen molar-refractivity contribution in [3.8, 4) is 5.75 Å². The van der Waals surface area contributed by atoms with Gasteiger partial charge >= 0.3 is 0 Å². The molecule has 0 heterocycles. The number of nitrogens with zero attached hydrogens (tertiary/aromatic N) is 1. The lowest BCUT2D eigenvalue weighted by atomic mass is 10.2. The van der Waals surface area contributed by atoms with Crippen molar-refractivity contribution in [1.82, 2.24) is 5.43 Å². The smallest absolute Gasteiger partial charge is 0.271 e. The number of benzene rings is 3. The maximum Gasteiger partial charge on any atom is 0.271 e. The first kappa shape index (κ1) is 20.1. The molecule has 0 fully saturated rings. The lowest BCUT2D eigenvalue weighted by Gasteiger charge is -2.09. The fraction of sp³-hybridized carbons (Fsp3) is 0.0909. The summed E-state index contributed by atoms with van der Waals surface area (Å²) in [7, 11) is 0. The molecule has 3 aromatic rings. The molecule has 1 N–H and O–H groups in total. The van der Waals surface area contributed by atoms with Crippen molar-refractivity contribution in [2.24, 2.45) is 5.10 Å². The Morgan fingerprint density at radius 1 is 1.11 bits per heavy atom. The lowest BCUT2D eigenvalue weighted by Crippen LogP contribution is -2.17. The van der Waals surface area contributed by atoms with Crippen LogP contribution in [-0.4, -0.2) is 12.1 Å². The van der Waals surface area contributed by atoms with E-state index in [0.29, 0.717) is 17.2 Å². The quantitative estimate of drug-likeness (QED) is 0.378. The standard InChI is InChI=1S/C22H18BrClN2O2/c1-15-2-4-16(5-3-15)14-28-21-11-6-17(12-20(21)23)13-25-26-22(27)18-7-9-19(24)10-8-18/h2-13H,14H2,1H3,(H,26,27)/b25-13-. The molecule has 28 heavy (non-hydrogen) atoms. The van der Waals surface area contributed by atoms with Gasteiger partial charge in [0.05, 0.1) is 10.7 Å². The molecule has 1 amide bonds. The summed E-state index contributed by atoms with van der Waals surface area (Å²) in [6, 6.07) is 20.4. The van der Waals surface area contributed by atoms with Crippen molar-refractivity contribution >= 4 is 39.7 Å². The number of carbonyl (C=O) groups is 1. The third-order valence-electron chi connectivity index (χ3n) is 3.96. The van der Waals surface area contributed by atoms with Crippen LogP contribution in [0.15, 0.2) is 76.3 Å². The topological polar surface area (TPSA) is 50.7 Å². The summed E-state index contributed by atoms with van der Waals surface area (Å²) in [5.74, 6) is 0.438. The maximum absolute atomic E-state index is 12.0. The SMILES string of the molecule is Cc1ccc(COc2ccc(/C=N\NC(=O)c3ccc(Cl)cc3)cc2Br)cc1. The summed E-state index contributed by atoms with van der Waals surface area (Å²) in [5, 5.41) is 4.57. The number of nitrogens with one attached hydrogen (secondary N) is 1. The number of hydrogen-bond donors (Lipinski definition) is 1. The van der Waals surface area contributed by atoms with Crippen LogP contribution >= 0.6 is 27.5 Å². The van der Waals surface area contributed by atoms with Crippen LogP contribution in [0.5, 0.6) is 5.75 Å². The van der Waals surface area contributed by atoms with Gasteiger partial charge in [-0.1, -0.05) is 41.4 Å². The number of hydrogen-bond acceptors (Lipinski definition) is 3. The zero-order valence-electron chi connectivity index (χ0n) is 15.2. The molecule has 0 atom stereocenters. The van der Waals surface area contributed by atoms with Gasteiger partial charge in [-0.05, 0) is 76.4 Å². The number of rotatable bonds is 6. The number of halogens is 2. The molecular weight excluding hydrogens is 440 g/mol. The minimum absolute atomic E-state index is 0.301. The zero-order valence-corrected chi connectivity index (χ0v) is 17.5. The van der Waals surface area contributed by atoms with Gasteiger partial charge in [0.2, 0.25) is 0 Å². The van der Waals surface area contributed by atoms with Gasteiger partial charge in [-0.25, -0.2) is 5.43 Å². The van der Waals surface area contributed by atoms with E-state index < -0.39 is 0 Å². The molecule has 0 spiro atoms. The summed E-state index contributed by atoms with van der Waals surface area (Å²) in [6.07, 6.45) is 1.57. The molecule has 0 aliphatic heterocycles. The molecule has 0 saturated heterocycles. The van der Waals surface area contributed by atoms with E-state index in [4.69, 9.17) is 16.3 Å². The van der Waals surface area contributed by atoms with Crippen molar-refractivity contribution < 1.29 is 9.53 Å². The molecule has 0 aliphatic carbocycles. The molecule has 0 aliphatic rings. The van der Waals surface area contributed by atoms with Crippen molar-refractivity contribution in [3.05, 3.63) is 98.5 Å². The predicted molar refractivity (Wildman–Crippen MR) is 116 cm³/mol. The Bertz CT molecular complexity index is 986. The van der Waals surface area contributed by atoms with Crippen molar-refractivity contribution in [2.45, 2.75) is 13.5 Å². The van der Waals surface area contributed by atoms with Gasteiger partial charge in [-0.3, -0.25) is 4.79 Å². The van der Waals surface area contributed by atoms with E-state index in [0.717, 1.165) is 21.3 Å². The summed E-state index contributed by atoms with van der Waals surface area (Å²) >= 11 is 9.33. The highest BCUT2D eigenvalue weighted by molar-refractivity contribution is 9.10. The third kappa shape index (κ3) is 5.68. The van der Waals surface area contributed by atoms with Crippen LogP contribution in [0, 0.1) is 6.92 Å². The number of aryl methyl sites for hydroxylation is 1. The number of amides is 1. The Hall–Kier alpha value is -2.63.